The van der Waals surface area contributed by atoms with Crippen molar-refractivity contribution < 1.29 is 44.2 Å². The molecule has 3 aromatic rings. The van der Waals surface area contributed by atoms with Gasteiger partial charge in [0.15, 0.2) is 0 Å². The van der Waals surface area contributed by atoms with Gasteiger partial charge in [0, 0.05) is 5.56 Å². The Balaban J connectivity index is 0.00000216. The van der Waals surface area contributed by atoms with Crippen LogP contribution in [0.2, 0.25) is 0 Å². The molecule has 0 amide bonds. The van der Waals surface area contributed by atoms with Crippen LogP contribution in [0.1, 0.15) is 54.4 Å². The van der Waals surface area contributed by atoms with Crippen molar-refractivity contribution in [3.63, 3.8) is 0 Å². The van der Waals surface area contributed by atoms with Gasteiger partial charge in [-0.3, -0.25) is 0 Å². The van der Waals surface area contributed by atoms with Crippen LogP contribution in [0.15, 0.2) is 54.6 Å². The fourth-order valence-electron chi connectivity index (χ4n) is 7.30. The maximum Gasteiger partial charge on any atom is 1.00 e. The van der Waals surface area contributed by atoms with Gasteiger partial charge in [-0.1, -0.05) is 24.3 Å². The molecule has 0 spiro atoms. The molecule has 0 saturated heterocycles. The summed E-state index contributed by atoms with van der Waals surface area (Å²) in [4.78, 5) is 11.3. The zero-order valence-electron chi connectivity index (χ0n) is 18.9. The van der Waals surface area contributed by atoms with E-state index >= 15 is 0 Å². The van der Waals surface area contributed by atoms with E-state index in [0.29, 0.717) is 5.56 Å². The predicted octanol–water partition coefficient (Wildman–Crippen LogP) is 3.69. The van der Waals surface area contributed by atoms with Crippen molar-refractivity contribution in [1.82, 2.24) is 0 Å². The first-order valence-electron chi connectivity index (χ1n) is 11.5. The summed E-state index contributed by atoms with van der Waals surface area (Å²) in [6, 6.07) is 18.4. The van der Waals surface area contributed by atoms with Crippen molar-refractivity contribution in [2.75, 3.05) is 7.11 Å². The minimum Gasteiger partial charge on any atom is -0.496 e. The molecule has 0 unspecified atom stereocenters. The van der Waals surface area contributed by atoms with Gasteiger partial charge in [-0.2, -0.15) is 0 Å². The van der Waals surface area contributed by atoms with Gasteiger partial charge in [0.1, 0.15) is 5.75 Å². The maximum absolute atomic E-state index is 11.3. The van der Waals surface area contributed by atoms with Crippen LogP contribution < -0.4 is 34.3 Å². The van der Waals surface area contributed by atoms with Crippen molar-refractivity contribution in [3.05, 3.63) is 65.7 Å². The molecule has 4 saturated carbocycles. The van der Waals surface area contributed by atoms with E-state index in [9.17, 15) is 9.90 Å². The second kappa shape index (κ2) is 8.20. The predicted molar refractivity (Wildman–Crippen MR) is 123 cm³/mol. The van der Waals surface area contributed by atoms with Gasteiger partial charge in [-0.15, -0.1) is 0 Å². The molecule has 3 nitrogen and oxygen atoms in total. The molecule has 4 heteroatoms. The molecule has 0 heterocycles. The molecule has 4 bridgehead atoms. The fraction of sp³-hybridized carbons (Fsp3) is 0.393. The van der Waals surface area contributed by atoms with E-state index in [4.69, 9.17) is 4.74 Å². The number of methoxy groups -OCH3 is 1. The number of hydrogen-bond acceptors (Lipinski definition) is 2. The Bertz CT molecular complexity index is 1160. The van der Waals surface area contributed by atoms with Crippen LogP contribution in [0.25, 0.3) is 21.9 Å². The standard InChI is InChI=1S/C28H28O3.Na/c1-31-26-7-6-23(21-2-3-22-12-24(27(29)30)5-4-20(22)11-21)13-25(26)28-14-17-8-18(15-28)10-19(9-17)16-28;/h2-7,11-13,17-19H,8-10,14-16H2,1H3,(H,29,30);/q;+1. The summed E-state index contributed by atoms with van der Waals surface area (Å²) < 4.78 is 5.88. The van der Waals surface area contributed by atoms with Crippen molar-refractivity contribution in [2.45, 2.75) is 43.9 Å². The second-order valence-corrected chi connectivity index (χ2v) is 10.2. The van der Waals surface area contributed by atoms with Gasteiger partial charge in [0.25, 0.3) is 0 Å². The molecule has 0 aliphatic heterocycles. The van der Waals surface area contributed by atoms with E-state index in [1.165, 1.54) is 55.2 Å². The number of benzene rings is 3. The van der Waals surface area contributed by atoms with Crippen LogP contribution in [0.5, 0.6) is 5.75 Å². The van der Waals surface area contributed by atoms with Crippen molar-refractivity contribution in [3.8, 4) is 16.9 Å². The Morgan fingerprint density at radius 1 is 0.844 bits per heavy atom. The van der Waals surface area contributed by atoms with Crippen LogP contribution in [0.3, 0.4) is 0 Å². The third-order valence-corrected chi connectivity index (χ3v) is 8.23. The zero-order chi connectivity index (χ0) is 21.2. The molecule has 7 rings (SSSR count). The molecule has 4 aliphatic rings. The normalized spacial score (nSPS) is 27.8. The molecular formula is C28H28NaO3+. The number of carbonyl (C=O) groups is 1. The van der Waals surface area contributed by atoms with E-state index in [1.54, 1.807) is 19.2 Å². The Hall–Kier alpha value is -1.81. The Labute approximate surface area is 211 Å². The van der Waals surface area contributed by atoms with E-state index < -0.39 is 5.97 Å². The van der Waals surface area contributed by atoms with E-state index in [1.807, 2.05) is 12.1 Å². The van der Waals surface area contributed by atoms with E-state index in [2.05, 4.69) is 30.3 Å². The average Bonchev–Trinajstić information content (AvgIpc) is 2.77. The number of fused-ring (bicyclic) bond motifs is 1. The summed E-state index contributed by atoms with van der Waals surface area (Å²) >= 11 is 0. The van der Waals surface area contributed by atoms with Crippen LogP contribution >= 0.6 is 0 Å². The molecule has 4 aliphatic carbocycles. The van der Waals surface area contributed by atoms with Crippen molar-refractivity contribution >= 4 is 16.7 Å². The SMILES string of the molecule is COc1ccc(-c2ccc3cc(C(=O)O)ccc3c2)cc1C12CC3CC(CC(C3)C1)C2.[Na+]. The molecule has 1 N–H and O–H groups in total. The van der Waals surface area contributed by atoms with Crippen LogP contribution in [0, 0.1) is 17.8 Å². The third-order valence-electron chi connectivity index (χ3n) is 8.23. The number of carboxylic acids is 1. The van der Waals surface area contributed by atoms with Gasteiger partial charge in [0.05, 0.1) is 12.7 Å². The molecule has 0 atom stereocenters. The average molecular weight is 436 g/mol. The number of hydrogen-bond donors (Lipinski definition) is 1. The summed E-state index contributed by atoms with van der Waals surface area (Å²) in [5.41, 5.74) is 4.41. The van der Waals surface area contributed by atoms with Crippen LogP contribution in [-0.4, -0.2) is 18.2 Å². The smallest absolute Gasteiger partial charge is 0.496 e. The van der Waals surface area contributed by atoms with Gasteiger partial charge < -0.3 is 9.84 Å². The molecular weight excluding hydrogens is 407 g/mol. The van der Waals surface area contributed by atoms with Crippen LogP contribution in [-0.2, 0) is 5.41 Å². The summed E-state index contributed by atoms with van der Waals surface area (Å²) in [7, 11) is 1.80. The maximum atomic E-state index is 11.3. The zero-order valence-corrected chi connectivity index (χ0v) is 20.9. The van der Waals surface area contributed by atoms with Gasteiger partial charge in [-0.05, 0) is 114 Å². The Morgan fingerprint density at radius 3 is 2.03 bits per heavy atom. The number of ether oxygens (including phenoxy) is 1. The Kier molecular flexibility index (Phi) is 5.64. The van der Waals surface area contributed by atoms with Crippen molar-refractivity contribution in [1.29, 1.82) is 0 Å². The van der Waals surface area contributed by atoms with Crippen LogP contribution in [0.4, 0.5) is 0 Å². The summed E-state index contributed by atoms with van der Waals surface area (Å²) in [5.74, 6) is 2.83. The monoisotopic (exact) mass is 435 g/mol. The fourth-order valence-corrected chi connectivity index (χ4v) is 7.30. The molecule has 4 fully saturated rings. The third kappa shape index (κ3) is 3.59. The first-order valence-corrected chi connectivity index (χ1v) is 11.5. The van der Waals surface area contributed by atoms with Gasteiger partial charge in [0.2, 0.25) is 0 Å². The molecule has 3 aromatic carbocycles. The minimum atomic E-state index is -0.888. The number of carboxylic acid groups (broad SMARTS) is 1. The number of rotatable bonds is 4. The topological polar surface area (TPSA) is 46.5 Å². The summed E-state index contributed by atoms with van der Waals surface area (Å²) in [6.07, 6.45) is 8.25. The molecule has 0 aromatic heterocycles. The second-order valence-electron chi connectivity index (χ2n) is 10.2. The quantitative estimate of drug-likeness (QED) is 0.636. The van der Waals surface area contributed by atoms with E-state index in [-0.39, 0.29) is 35.0 Å². The molecule has 158 valence electrons. The van der Waals surface area contributed by atoms with Crippen molar-refractivity contribution in [2.24, 2.45) is 17.8 Å². The van der Waals surface area contributed by atoms with Gasteiger partial charge >= 0.3 is 35.5 Å². The first kappa shape index (κ1) is 22.0. The Morgan fingerprint density at radius 2 is 1.41 bits per heavy atom. The summed E-state index contributed by atoms with van der Waals surface area (Å²) in [6.45, 7) is 0. The minimum absolute atomic E-state index is 0. The molecule has 0 radical (unpaired) electrons. The van der Waals surface area contributed by atoms with Gasteiger partial charge in [-0.25, -0.2) is 4.79 Å². The van der Waals surface area contributed by atoms with E-state index in [0.717, 1.165) is 34.3 Å². The largest absolute Gasteiger partial charge is 1.00 e. The first-order chi connectivity index (χ1) is 15.0. The number of aromatic carboxylic acids is 1. The summed E-state index contributed by atoms with van der Waals surface area (Å²) in [5, 5.41) is 11.3. The molecule has 32 heavy (non-hydrogen) atoms.